The molecule has 30 heavy (non-hydrogen) atoms. The first-order chi connectivity index (χ1) is 14.6. The van der Waals surface area contributed by atoms with Crippen molar-refractivity contribution in [2.24, 2.45) is 0 Å². The molecule has 0 aliphatic carbocycles. The molecule has 0 atom stereocenters. The summed E-state index contributed by atoms with van der Waals surface area (Å²) in [5, 5.41) is 13.3. The van der Waals surface area contributed by atoms with Crippen LogP contribution >= 0.6 is 34.7 Å². The Hall–Kier alpha value is -2.94. The highest BCUT2D eigenvalue weighted by Gasteiger charge is 2.17. The topological polar surface area (TPSA) is 85.1 Å². The Kier molecular flexibility index (Phi) is 6.27. The molecule has 2 aromatic heterocycles. The molecule has 1 N–H and O–H groups in total. The van der Waals surface area contributed by atoms with E-state index < -0.39 is 0 Å². The second-order valence-corrected chi connectivity index (χ2v) is 8.38. The molecule has 9 heteroatoms. The fraction of sp³-hybridized carbons (Fsp3) is 0.0476. The van der Waals surface area contributed by atoms with Crippen molar-refractivity contribution in [3.63, 3.8) is 0 Å². The molecule has 4 rings (SSSR count). The van der Waals surface area contributed by atoms with Gasteiger partial charge < -0.3 is 9.73 Å². The molecule has 1 amide bonds. The summed E-state index contributed by atoms with van der Waals surface area (Å²) >= 11 is 8.69. The van der Waals surface area contributed by atoms with Crippen molar-refractivity contribution in [3.05, 3.63) is 82.2 Å². The minimum Gasteiger partial charge on any atom is -0.410 e. The first kappa shape index (κ1) is 20.3. The number of hydrogen-bond donors (Lipinski definition) is 1. The van der Waals surface area contributed by atoms with E-state index in [0.29, 0.717) is 33.0 Å². The standard InChI is InChI=1S/C21H14ClN3O3S2/c22-14-8-9-16(15(11-14)19(27)13-5-2-1-3-6-13)23-18(26)12-30-21-25-24-20(28-21)17-7-4-10-29-17/h1-11H,12H2,(H,23,26). The molecule has 0 saturated heterocycles. The number of ketones is 1. The summed E-state index contributed by atoms with van der Waals surface area (Å²) < 4.78 is 5.56. The molecule has 0 unspecified atom stereocenters. The number of rotatable bonds is 7. The number of carbonyl (C=O) groups excluding carboxylic acids is 2. The van der Waals surface area contributed by atoms with Crippen molar-refractivity contribution in [3.8, 4) is 10.8 Å². The Labute approximate surface area is 185 Å². The molecule has 0 spiro atoms. The summed E-state index contributed by atoms with van der Waals surface area (Å²) in [4.78, 5) is 26.2. The third kappa shape index (κ3) is 4.79. The summed E-state index contributed by atoms with van der Waals surface area (Å²) in [5.74, 6) is -0.0616. The molecule has 0 aliphatic rings. The van der Waals surface area contributed by atoms with Crippen LogP contribution in [0.3, 0.4) is 0 Å². The molecule has 0 aliphatic heterocycles. The smallest absolute Gasteiger partial charge is 0.277 e. The third-order valence-electron chi connectivity index (χ3n) is 4.00. The molecule has 0 saturated carbocycles. The summed E-state index contributed by atoms with van der Waals surface area (Å²) in [5.41, 5.74) is 1.23. The minimum absolute atomic E-state index is 0.0493. The number of nitrogens with one attached hydrogen (secondary N) is 1. The Morgan fingerprint density at radius 2 is 1.90 bits per heavy atom. The van der Waals surface area contributed by atoms with E-state index in [2.05, 4.69) is 15.5 Å². The molecule has 0 radical (unpaired) electrons. The number of benzene rings is 2. The van der Waals surface area contributed by atoms with Crippen LogP contribution < -0.4 is 5.32 Å². The van der Waals surface area contributed by atoms with E-state index in [1.807, 2.05) is 23.6 Å². The highest BCUT2D eigenvalue weighted by atomic mass is 35.5. The van der Waals surface area contributed by atoms with Crippen molar-refractivity contribution < 1.29 is 14.0 Å². The summed E-state index contributed by atoms with van der Waals surface area (Å²) in [6.45, 7) is 0. The number of thiophene rings is 1. The lowest BCUT2D eigenvalue weighted by Gasteiger charge is -2.11. The van der Waals surface area contributed by atoms with Crippen LogP contribution in [0.15, 0.2) is 75.7 Å². The quantitative estimate of drug-likeness (QED) is 0.296. The maximum Gasteiger partial charge on any atom is 0.277 e. The second kappa shape index (κ2) is 9.25. The van der Waals surface area contributed by atoms with Crippen LogP contribution in [-0.4, -0.2) is 27.6 Å². The molecule has 2 heterocycles. The molecule has 2 aromatic carbocycles. The maximum atomic E-state index is 12.8. The number of halogens is 1. The SMILES string of the molecule is O=C(CSc1nnc(-c2cccs2)o1)Nc1ccc(Cl)cc1C(=O)c1ccccc1. The summed E-state index contributed by atoms with van der Waals surface area (Å²) in [7, 11) is 0. The van der Waals surface area contributed by atoms with Gasteiger partial charge in [-0.15, -0.1) is 21.5 Å². The normalized spacial score (nSPS) is 10.7. The molecule has 0 bridgehead atoms. The monoisotopic (exact) mass is 455 g/mol. The van der Waals surface area contributed by atoms with Crippen molar-refractivity contribution in [2.45, 2.75) is 5.22 Å². The van der Waals surface area contributed by atoms with Gasteiger partial charge in [0, 0.05) is 16.1 Å². The van der Waals surface area contributed by atoms with Gasteiger partial charge >= 0.3 is 0 Å². The Morgan fingerprint density at radius 3 is 2.67 bits per heavy atom. The van der Waals surface area contributed by atoms with E-state index >= 15 is 0 Å². The number of anilines is 1. The van der Waals surface area contributed by atoms with Gasteiger partial charge in [0.2, 0.25) is 5.91 Å². The van der Waals surface area contributed by atoms with Gasteiger partial charge in [-0.2, -0.15) is 0 Å². The number of nitrogens with zero attached hydrogens (tertiary/aromatic N) is 2. The Balaban J connectivity index is 1.44. The van der Waals surface area contributed by atoms with Crippen LogP contribution in [-0.2, 0) is 4.79 Å². The molecular formula is C21H14ClN3O3S2. The zero-order valence-electron chi connectivity index (χ0n) is 15.4. The van der Waals surface area contributed by atoms with Gasteiger partial charge in [-0.05, 0) is 29.6 Å². The average Bonchev–Trinajstić information content (AvgIpc) is 3.45. The van der Waals surface area contributed by atoms with E-state index in [1.54, 1.807) is 42.5 Å². The number of carbonyl (C=O) groups is 2. The van der Waals surface area contributed by atoms with Gasteiger partial charge in [0.15, 0.2) is 5.78 Å². The van der Waals surface area contributed by atoms with Crippen LogP contribution in [0.1, 0.15) is 15.9 Å². The predicted octanol–water partition coefficient (Wildman–Crippen LogP) is 5.41. The number of aromatic nitrogens is 2. The minimum atomic E-state index is -0.305. The number of thioether (sulfide) groups is 1. The zero-order chi connectivity index (χ0) is 20.9. The van der Waals surface area contributed by atoms with E-state index in [9.17, 15) is 9.59 Å². The van der Waals surface area contributed by atoms with E-state index in [4.69, 9.17) is 16.0 Å². The lowest BCUT2D eigenvalue weighted by Crippen LogP contribution is -2.17. The van der Waals surface area contributed by atoms with Gasteiger partial charge in [0.25, 0.3) is 11.1 Å². The van der Waals surface area contributed by atoms with Crippen molar-refractivity contribution in [1.29, 1.82) is 0 Å². The maximum absolute atomic E-state index is 12.8. The average molecular weight is 456 g/mol. The molecule has 150 valence electrons. The Morgan fingerprint density at radius 1 is 1.07 bits per heavy atom. The summed E-state index contributed by atoms with van der Waals surface area (Å²) in [6, 6.07) is 17.4. The van der Waals surface area contributed by atoms with E-state index in [0.717, 1.165) is 16.6 Å². The van der Waals surface area contributed by atoms with Crippen molar-refractivity contribution in [2.75, 3.05) is 11.1 Å². The second-order valence-electron chi connectivity index (χ2n) is 6.07. The van der Waals surface area contributed by atoms with Crippen LogP contribution in [0, 0.1) is 0 Å². The zero-order valence-corrected chi connectivity index (χ0v) is 17.8. The summed E-state index contributed by atoms with van der Waals surface area (Å²) in [6.07, 6.45) is 0. The lowest BCUT2D eigenvalue weighted by molar-refractivity contribution is -0.113. The molecule has 6 nitrogen and oxygen atoms in total. The first-order valence-corrected chi connectivity index (χ1v) is 11.0. The van der Waals surface area contributed by atoms with Crippen LogP contribution in [0.5, 0.6) is 0 Å². The lowest BCUT2D eigenvalue weighted by atomic mass is 10.0. The van der Waals surface area contributed by atoms with Crippen LogP contribution in [0.2, 0.25) is 5.02 Å². The van der Waals surface area contributed by atoms with Gasteiger partial charge in [-0.1, -0.05) is 59.8 Å². The van der Waals surface area contributed by atoms with Crippen LogP contribution in [0.4, 0.5) is 5.69 Å². The van der Waals surface area contributed by atoms with Gasteiger partial charge in [-0.3, -0.25) is 9.59 Å². The van der Waals surface area contributed by atoms with Gasteiger partial charge in [0.1, 0.15) is 0 Å². The fourth-order valence-electron chi connectivity index (χ4n) is 2.64. The van der Waals surface area contributed by atoms with Crippen molar-refractivity contribution in [1.82, 2.24) is 10.2 Å². The van der Waals surface area contributed by atoms with Crippen LogP contribution in [0.25, 0.3) is 10.8 Å². The molecule has 0 fully saturated rings. The van der Waals surface area contributed by atoms with E-state index in [1.165, 1.54) is 11.3 Å². The first-order valence-electron chi connectivity index (χ1n) is 8.79. The largest absolute Gasteiger partial charge is 0.410 e. The molecule has 4 aromatic rings. The highest BCUT2D eigenvalue weighted by molar-refractivity contribution is 7.99. The van der Waals surface area contributed by atoms with Gasteiger partial charge in [0.05, 0.1) is 16.3 Å². The third-order valence-corrected chi connectivity index (χ3v) is 5.91. The van der Waals surface area contributed by atoms with E-state index in [-0.39, 0.29) is 17.4 Å². The number of hydrogen-bond acceptors (Lipinski definition) is 7. The van der Waals surface area contributed by atoms with Crippen molar-refractivity contribution >= 4 is 52.1 Å². The predicted molar refractivity (Wildman–Crippen MR) is 118 cm³/mol. The van der Waals surface area contributed by atoms with Gasteiger partial charge in [-0.25, -0.2) is 0 Å². The fourth-order valence-corrected chi connectivity index (χ4v) is 4.02. The number of amides is 1. The Bertz CT molecular complexity index is 1180. The molecular weight excluding hydrogens is 442 g/mol. The highest BCUT2D eigenvalue weighted by Crippen LogP contribution is 2.27.